The smallest absolute Gasteiger partial charge is 0.306 e. The number of unbranched alkanes of at least 4 members (excludes halogenated alkanes) is 14. The molecule has 0 radical (unpaired) electrons. The van der Waals surface area contributed by atoms with Crippen LogP contribution in [0.25, 0.3) is 0 Å². The topological polar surface area (TPSA) is 26.3 Å². The van der Waals surface area contributed by atoms with Gasteiger partial charge < -0.3 is 4.74 Å². The Morgan fingerprint density at radius 2 is 1.11 bits per heavy atom. The van der Waals surface area contributed by atoms with Crippen molar-refractivity contribution >= 4 is 18.6 Å². The number of esters is 1. The molecule has 27 heavy (non-hydrogen) atoms. The lowest BCUT2D eigenvalue weighted by atomic mass is 10.0. The first kappa shape index (κ1) is 26.8. The van der Waals surface area contributed by atoms with E-state index in [-0.39, 0.29) is 12.1 Å². The average molecular weight is 401 g/mol. The fourth-order valence-corrected chi connectivity index (χ4v) is 3.90. The van der Waals surface area contributed by atoms with Gasteiger partial charge in [0.25, 0.3) is 0 Å². The molecule has 0 saturated carbocycles. The molecule has 0 rings (SSSR count). The van der Waals surface area contributed by atoms with Crippen LogP contribution in [0.15, 0.2) is 0 Å². The summed E-state index contributed by atoms with van der Waals surface area (Å²) in [7, 11) is 0. The van der Waals surface area contributed by atoms with Gasteiger partial charge in [-0.1, -0.05) is 110 Å². The molecule has 0 saturated heterocycles. The van der Waals surface area contributed by atoms with E-state index in [1.165, 1.54) is 83.5 Å². The van der Waals surface area contributed by atoms with Crippen molar-refractivity contribution in [1.82, 2.24) is 0 Å². The molecule has 0 aliphatic heterocycles. The third-order valence-electron chi connectivity index (χ3n) is 5.34. The summed E-state index contributed by atoms with van der Waals surface area (Å²) in [6.45, 7) is 4.41. The first-order valence-corrected chi connectivity index (χ1v) is 12.7. The number of rotatable bonds is 21. The molecule has 1 unspecified atom stereocenters. The van der Waals surface area contributed by atoms with Crippen molar-refractivity contribution in [1.29, 1.82) is 0 Å². The number of carbonyl (C=O) groups is 1. The summed E-state index contributed by atoms with van der Waals surface area (Å²) in [6.07, 6.45) is 23.8. The summed E-state index contributed by atoms with van der Waals surface area (Å²) in [5.74, 6) is 0.779. The molecule has 0 aromatic heterocycles. The van der Waals surface area contributed by atoms with Crippen LogP contribution in [0, 0.1) is 0 Å². The fraction of sp³-hybridized carbons (Fsp3) is 0.958. The molecule has 3 heteroatoms. The zero-order chi connectivity index (χ0) is 20.0. The lowest BCUT2D eigenvalue weighted by molar-refractivity contribution is -0.149. The van der Waals surface area contributed by atoms with E-state index >= 15 is 0 Å². The van der Waals surface area contributed by atoms with Gasteiger partial charge in [-0.2, -0.15) is 12.6 Å². The molecule has 0 bridgehead atoms. The van der Waals surface area contributed by atoms with Crippen LogP contribution in [0.2, 0.25) is 0 Å². The summed E-state index contributed by atoms with van der Waals surface area (Å²) < 4.78 is 5.56. The monoisotopic (exact) mass is 400 g/mol. The van der Waals surface area contributed by atoms with Crippen LogP contribution in [0.4, 0.5) is 0 Å². The van der Waals surface area contributed by atoms with Gasteiger partial charge in [0.05, 0.1) is 0 Å². The molecule has 1 atom stereocenters. The van der Waals surface area contributed by atoms with Gasteiger partial charge in [0.2, 0.25) is 0 Å². The quantitative estimate of drug-likeness (QED) is 0.119. The minimum absolute atomic E-state index is 0.00933. The molecular formula is C24H48O2S. The second-order valence-corrected chi connectivity index (χ2v) is 8.56. The summed E-state index contributed by atoms with van der Waals surface area (Å²) in [5.41, 5.74) is 0. The Kier molecular flexibility index (Phi) is 22.0. The van der Waals surface area contributed by atoms with E-state index in [2.05, 4.69) is 26.5 Å². The van der Waals surface area contributed by atoms with Gasteiger partial charge in [-0.3, -0.25) is 4.79 Å². The normalized spacial score (nSPS) is 12.3. The van der Waals surface area contributed by atoms with Gasteiger partial charge >= 0.3 is 5.97 Å². The Balaban J connectivity index is 3.29. The number of carbonyl (C=O) groups excluding carboxylic acids is 1. The van der Waals surface area contributed by atoms with Crippen molar-refractivity contribution in [2.75, 3.05) is 5.75 Å². The molecular weight excluding hydrogens is 352 g/mol. The van der Waals surface area contributed by atoms with Crippen LogP contribution < -0.4 is 0 Å². The van der Waals surface area contributed by atoms with Crippen molar-refractivity contribution in [3.05, 3.63) is 0 Å². The number of hydrogen-bond donors (Lipinski definition) is 1. The highest BCUT2D eigenvalue weighted by molar-refractivity contribution is 7.80. The number of ether oxygens (including phenoxy) is 1. The predicted molar refractivity (Wildman–Crippen MR) is 123 cm³/mol. The van der Waals surface area contributed by atoms with Crippen molar-refractivity contribution < 1.29 is 9.53 Å². The number of hydrogen-bond acceptors (Lipinski definition) is 3. The van der Waals surface area contributed by atoms with E-state index in [9.17, 15) is 4.79 Å². The molecule has 0 heterocycles. The summed E-state index contributed by atoms with van der Waals surface area (Å²) >= 11 is 4.25. The van der Waals surface area contributed by atoms with E-state index < -0.39 is 0 Å². The van der Waals surface area contributed by atoms with Crippen LogP contribution in [-0.2, 0) is 9.53 Å². The molecule has 2 nitrogen and oxygen atoms in total. The highest BCUT2D eigenvalue weighted by atomic mass is 32.1. The molecule has 0 aromatic carbocycles. The third-order valence-corrected chi connectivity index (χ3v) is 5.60. The lowest BCUT2D eigenvalue weighted by Gasteiger charge is -2.16. The second kappa shape index (κ2) is 22.1. The maximum absolute atomic E-state index is 11.9. The van der Waals surface area contributed by atoms with Crippen molar-refractivity contribution in [3.63, 3.8) is 0 Å². The van der Waals surface area contributed by atoms with Crippen molar-refractivity contribution in [2.24, 2.45) is 0 Å². The molecule has 0 aliphatic rings. The predicted octanol–water partition coefficient (Wildman–Crippen LogP) is 8.28. The van der Waals surface area contributed by atoms with Gasteiger partial charge in [-0.25, -0.2) is 0 Å². The highest BCUT2D eigenvalue weighted by Crippen LogP contribution is 2.14. The first-order chi connectivity index (χ1) is 13.2. The molecule has 0 spiro atoms. The Labute approximate surface area is 176 Å². The van der Waals surface area contributed by atoms with E-state index in [0.717, 1.165) is 37.9 Å². The average Bonchev–Trinajstić information content (AvgIpc) is 2.65. The standard InChI is InChI=1S/C24H48O2S/c1-3-5-6-7-8-9-10-11-12-13-14-15-16-17-18-20-24(25)26-23(19-4-2)21-22-27/h23,27H,3-22H2,1-2H3. The van der Waals surface area contributed by atoms with Gasteiger partial charge in [0.1, 0.15) is 6.10 Å². The lowest BCUT2D eigenvalue weighted by Crippen LogP contribution is -2.18. The zero-order valence-corrected chi connectivity index (χ0v) is 19.4. The molecule has 0 fully saturated rings. The molecule has 0 aromatic rings. The van der Waals surface area contributed by atoms with Crippen LogP contribution in [0.3, 0.4) is 0 Å². The van der Waals surface area contributed by atoms with Gasteiger partial charge in [-0.05, 0) is 25.0 Å². The van der Waals surface area contributed by atoms with Crippen LogP contribution in [-0.4, -0.2) is 17.8 Å². The van der Waals surface area contributed by atoms with Gasteiger partial charge in [0, 0.05) is 6.42 Å². The Bertz CT molecular complexity index is 301. The molecule has 0 amide bonds. The van der Waals surface area contributed by atoms with Gasteiger partial charge in [-0.15, -0.1) is 0 Å². The van der Waals surface area contributed by atoms with Crippen LogP contribution >= 0.6 is 12.6 Å². The molecule has 0 aliphatic carbocycles. The zero-order valence-electron chi connectivity index (χ0n) is 18.5. The minimum Gasteiger partial charge on any atom is -0.462 e. The largest absolute Gasteiger partial charge is 0.462 e. The Morgan fingerprint density at radius 3 is 1.52 bits per heavy atom. The van der Waals surface area contributed by atoms with Crippen molar-refractivity contribution in [2.45, 2.75) is 142 Å². The highest BCUT2D eigenvalue weighted by Gasteiger charge is 2.12. The summed E-state index contributed by atoms with van der Waals surface area (Å²) in [6, 6.07) is 0. The van der Waals surface area contributed by atoms with Crippen LogP contribution in [0.1, 0.15) is 136 Å². The van der Waals surface area contributed by atoms with Gasteiger partial charge in [0.15, 0.2) is 0 Å². The Hall–Kier alpha value is -0.180. The molecule has 0 N–H and O–H groups in total. The minimum atomic E-state index is -0.00933. The molecule has 162 valence electrons. The number of thiol groups is 1. The van der Waals surface area contributed by atoms with E-state index in [4.69, 9.17) is 4.74 Å². The van der Waals surface area contributed by atoms with E-state index in [0.29, 0.717) is 6.42 Å². The third kappa shape index (κ3) is 20.4. The Morgan fingerprint density at radius 1 is 0.667 bits per heavy atom. The first-order valence-electron chi connectivity index (χ1n) is 12.0. The SMILES string of the molecule is CCCCCCCCCCCCCCCCCC(=O)OC(CCC)CCS. The second-order valence-electron chi connectivity index (χ2n) is 8.11. The summed E-state index contributed by atoms with van der Waals surface area (Å²) in [5, 5.41) is 0. The maximum atomic E-state index is 11.9. The van der Waals surface area contributed by atoms with E-state index in [1.54, 1.807) is 0 Å². The van der Waals surface area contributed by atoms with Crippen molar-refractivity contribution in [3.8, 4) is 0 Å². The van der Waals surface area contributed by atoms with Crippen LogP contribution in [0.5, 0.6) is 0 Å². The summed E-state index contributed by atoms with van der Waals surface area (Å²) in [4.78, 5) is 11.9. The fourth-order valence-electron chi connectivity index (χ4n) is 3.61. The van der Waals surface area contributed by atoms with E-state index in [1.807, 2.05) is 0 Å². The maximum Gasteiger partial charge on any atom is 0.306 e.